The van der Waals surface area contributed by atoms with Crippen molar-refractivity contribution in [1.82, 2.24) is 4.90 Å². The van der Waals surface area contributed by atoms with Gasteiger partial charge in [0.2, 0.25) is 17.7 Å². The molecule has 2 aliphatic rings. The highest BCUT2D eigenvalue weighted by molar-refractivity contribution is 6.02. The van der Waals surface area contributed by atoms with Crippen LogP contribution in [-0.4, -0.2) is 47.9 Å². The van der Waals surface area contributed by atoms with E-state index < -0.39 is 35.8 Å². The molecule has 0 radical (unpaired) electrons. The second kappa shape index (κ2) is 5.89. The summed E-state index contributed by atoms with van der Waals surface area (Å²) in [6.07, 6.45) is -5.25. The summed E-state index contributed by atoms with van der Waals surface area (Å²) in [5, 5.41) is 0. The van der Waals surface area contributed by atoms with Gasteiger partial charge in [-0.3, -0.25) is 19.3 Å². The van der Waals surface area contributed by atoms with Crippen LogP contribution in [0.5, 0.6) is 0 Å². The molecule has 0 aromatic heterocycles. The average molecular weight is 370 g/mol. The number of halogens is 3. The number of carbonyl (C=O) groups is 3. The number of hydrogen-bond acceptors (Lipinski definition) is 4. The maximum Gasteiger partial charge on any atom is 0.416 e. The number of carbonyl (C=O) groups excluding carboxylic acids is 3. The van der Waals surface area contributed by atoms with Crippen molar-refractivity contribution in [2.75, 3.05) is 22.9 Å². The van der Waals surface area contributed by atoms with E-state index in [1.807, 2.05) is 0 Å². The van der Waals surface area contributed by atoms with Crippen molar-refractivity contribution in [3.8, 4) is 0 Å². The molecule has 26 heavy (non-hydrogen) atoms. The van der Waals surface area contributed by atoms with Crippen molar-refractivity contribution in [1.29, 1.82) is 0 Å². The normalized spacial score (nSPS) is 22.3. The molecule has 0 bridgehead atoms. The van der Waals surface area contributed by atoms with Crippen LogP contribution < -0.4 is 15.5 Å². The first kappa shape index (κ1) is 18.0. The summed E-state index contributed by atoms with van der Waals surface area (Å²) in [5.74, 6) is -1.54. The van der Waals surface area contributed by atoms with Gasteiger partial charge in [-0.25, -0.2) is 0 Å². The standard InChI is InChI=1S/C16H17F3N4O3/c1-8-15(26)21(6-13(20)25)7-14-22(8)11-4-3-10(16(17,18)19)5-12(11)23(14)9(2)24/h3-5,8,14H,6-7H2,1-2H3,(H2,20,25)/t8-,14-/m0/s1. The Morgan fingerprint density at radius 3 is 2.46 bits per heavy atom. The first-order chi connectivity index (χ1) is 12.0. The number of anilines is 2. The number of nitrogens with two attached hydrogens (primary N) is 1. The fourth-order valence-electron chi connectivity index (χ4n) is 3.57. The van der Waals surface area contributed by atoms with E-state index >= 15 is 0 Å². The number of benzene rings is 1. The Morgan fingerprint density at radius 2 is 1.92 bits per heavy atom. The van der Waals surface area contributed by atoms with Crippen molar-refractivity contribution in [3.63, 3.8) is 0 Å². The average Bonchev–Trinajstić information content (AvgIpc) is 2.84. The highest BCUT2D eigenvalue weighted by Gasteiger charge is 2.48. The predicted octanol–water partition coefficient (Wildman–Crippen LogP) is 0.920. The molecule has 7 nitrogen and oxygen atoms in total. The third kappa shape index (κ3) is 2.74. The fourth-order valence-corrected chi connectivity index (χ4v) is 3.57. The lowest BCUT2D eigenvalue weighted by Gasteiger charge is -2.44. The quantitative estimate of drug-likeness (QED) is 0.839. The lowest BCUT2D eigenvalue weighted by molar-refractivity contribution is -0.138. The molecule has 0 aliphatic carbocycles. The van der Waals surface area contributed by atoms with E-state index in [9.17, 15) is 27.6 Å². The molecule has 0 spiro atoms. The van der Waals surface area contributed by atoms with Gasteiger partial charge in [-0.05, 0) is 25.1 Å². The largest absolute Gasteiger partial charge is 0.416 e. The molecule has 0 unspecified atom stereocenters. The van der Waals surface area contributed by atoms with Gasteiger partial charge in [0.25, 0.3) is 0 Å². The molecule has 2 aliphatic heterocycles. The molecule has 140 valence electrons. The Labute approximate surface area is 147 Å². The highest BCUT2D eigenvalue weighted by Crippen LogP contribution is 2.45. The van der Waals surface area contributed by atoms with Crippen molar-refractivity contribution < 1.29 is 27.6 Å². The summed E-state index contributed by atoms with van der Waals surface area (Å²) in [4.78, 5) is 39.9. The summed E-state index contributed by atoms with van der Waals surface area (Å²) < 4.78 is 39.2. The molecule has 2 N–H and O–H groups in total. The highest BCUT2D eigenvalue weighted by atomic mass is 19.4. The molecule has 3 amide bonds. The Hall–Kier alpha value is -2.78. The maximum atomic E-state index is 13.1. The van der Waals surface area contributed by atoms with Crippen molar-refractivity contribution >= 4 is 29.1 Å². The van der Waals surface area contributed by atoms with Gasteiger partial charge in [0.15, 0.2) is 0 Å². The van der Waals surface area contributed by atoms with Crippen LogP contribution in [0.3, 0.4) is 0 Å². The van der Waals surface area contributed by atoms with Gasteiger partial charge in [-0.1, -0.05) is 0 Å². The molecule has 2 atom stereocenters. The number of amides is 3. The molecule has 2 heterocycles. The molecule has 1 saturated heterocycles. The van der Waals surface area contributed by atoms with E-state index in [2.05, 4.69) is 0 Å². The topological polar surface area (TPSA) is 86.9 Å². The van der Waals surface area contributed by atoms with E-state index in [4.69, 9.17) is 5.73 Å². The molecular formula is C16H17F3N4O3. The van der Waals surface area contributed by atoms with Gasteiger partial charge in [0, 0.05) is 6.92 Å². The zero-order valence-electron chi connectivity index (χ0n) is 14.1. The Bertz CT molecular complexity index is 795. The molecule has 1 fully saturated rings. The summed E-state index contributed by atoms with van der Waals surface area (Å²) in [6, 6.07) is 2.34. The Balaban J connectivity index is 2.08. The minimum atomic E-state index is -4.56. The van der Waals surface area contributed by atoms with Gasteiger partial charge in [0.05, 0.1) is 30.0 Å². The number of primary amides is 1. The van der Waals surface area contributed by atoms with E-state index in [0.717, 1.165) is 12.1 Å². The zero-order valence-corrected chi connectivity index (χ0v) is 14.1. The zero-order chi connectivity index (χ0) is 19.4. The monoisotopic (exact) mass is 370 g/mol. The fraction of sp³-hybridized carbons (Fsp3) is 0.438. The number of fused-ring (bicyclic) bond motifs is 3. The van der Waals surface area contributed by atoms with Crippen LogP contribution in [0.2, 0.25) is 0 Å². The van der Waals surface area contributed by atoms with E-state index in [0.29, 0.717) is 5.69 Å². The van der Waals surface area contributed by atoms with Crippen molar-refractivity contribution in [2.24, 2.45) is 5.73 Å². The van der Waals surface area contributed by atoms with E-state index in [-0.39, 0.29) is 24.7 Å². The summed E-state index contributed by atoms with van der Waals surface area (Å²) >= 11 is 0. The van der Waals surface area contributed by atoms with Crippen LogP contribution in [0.15, 0.2) is 18.2 Å². The Kier molecular flexibility index (Phi) is 4.08. The molecule has 1 aromatic carbocycles. The molecule has 1 aromatic rings. The number of alkyl halides is 3. The van der Waals surface area contributed by atoms with Gasteiger partial charge in [-0.15, -0.1) is 0 Å². The minimum Gasteiger partial charge on any atom is -0.368 e. The minimum absolute atomic E-state index is 0.0261. The smallest absolute Gasteiger partial charge is 0.368 e. The second-order valence-electron chi connectivity index (χ2n) is 6.34. The third-order valence-corrected chi connectivity index (χ3v) is 4.62. The van der Waals surface area contributed by atoms with Crippen LogP contribution in [-0.2, 0) is 20.6 Å². The third-order valence-electron chi connectivity index (χ3n) is 4.62. The van der Waals surface area contributed by atoms with Crippen LogP contribution in [0.4, 0.5) is 24.5 Å². The molecular weight excluding hydrogens is 353 g/mol. The van der Waals surface area contributed by atoms with E-state index in [1.165, 1.54) is 22.8 Å². The first-order valence-corrected chi connectivity index (χ1v) is 7.89. The van der Waals surface area contributed by atoms with Crippen molar-refractivity contribution in [3.05, 3.63) is 23.8 Å². The predicted molar refractivity (Wildman–Crippen MR) is 86.1 cm³/mol. The summed E-state index contributed by atoms with van der Waals surface area (Å²) in [7, 11) is 0. The maximum absolute atomic E-state index is 13.1. The van der Waals surface area contributed by atoms with Crippen LogP contribution in [0, 0.1) is 0 Å². The Morgan fingerprint density at radius 1 is 1.27 bits per heavy atom. The van der Waals surface area contributed by atoms with Crippen LogP contribution in [0.1, 0.15) is 19.4 Å². The van der Waals surface area contributed by atoms with E-state index in [1.54, 1.807) is 11.8 Å². The van der Waals surface area contributed by atoms with Crippen LogP contribution in [0.25, 0.3) is 0 Å². The summed E-state index contributed by atoms with van der Waals surface area (Å²) in [5.41, 5.74) is 4.75. The molecule has 0 saturated carbocycles. The summed E-state index contributed by atoms with van der Waals surface area (Å²) in [6.45, 7) is 2.48. The van der Waals surface area contributed by atoms with Gasteiger partial charge < -0.3 is 15.5 Å². The second-order valence-corrected chi connectivity index (χ2v) is 6.34. The number of hydrogen-bond donors (Lipinski definition) is 1. The lowest BCUT2D eigenvalue weighted by atomic mass is 10.1. The van der Waals surface area contributed by atoms with Gasteiger partial charge >= 0.3 is 6.18 Å². The molecule has 10 heteroatoms. The lowest BCUT2D eigenvalue weighted by Crippen LogP contribution is -2.65. The van der Waals surface area contributed by atoms with Crippen molar-refractivity contribution in [2.45, 2.75) is 32.2 Å². The van der Waals surface area contributed by atoms with Crippen LogP contribution >= 0.6 is 0 Å². The molecule has 3 rings (SSSR count). The number of piperazine rings is 1. The van der Waals surface area contributed by atoms with Gasteiger partial charge in [0.1, 0.15) is 12.2 Å². The number of rotatable bonds is 2. The number of nitrogens with zero attached hydrogens (tertiary/aromatic N) is 3. The first-order valence-electron chi connectivity index (χ1n) is 7.89. The van der Waals surface area contributed by atoms with Gasteiger partial charge in [-0.2, -0.15) is 13.2 Å². The SMILES string of the molecule is CC(=O)N1c2cc(C(F)(F)F)ccc2N2[C@@H]1CN(CC(N)=O)C(=O)[C@@H]2C.